The highest BCUT2D eigenvalue weighted by Gasteiger charge is 2.44. The van der Waals surface area contributed by atoms with Crippen molar-refractivity contribution < 1.29 is 9.90 Å². The van der Waals surface area contributed by atoms with E-state index in [0.717, 1.165) is 19.3 Å². The van der Waals surface area contributed by atoms with Crippen molar-refractivity contribution in [1.29, 1.82) is 0 Å². The minimum Gasteiger partial charge on any atom is -0.392 e. The standard InChI is InChI=1S/C10H18N2O2/c1-10(2-3-10)9(14)12-5-7-4-8(13)6-11-7/h7-8,11,13H,2-6H2,1H3,(H,12,14)/t7-,8+/m0/s1. The Bertz CT molecular complexity index is 238. The van der Waals surface area contributed by atoms with Crippen LogP contribution in [0.3, 0.4) is 0 Å². The highest BCUT2D eigenvalue weighted by Crippen LogP contribution is 2.44. The van der Waals surface area contributed by atoms with E-state index in [0.29, 0.717) is 13.1 Å². The maximum atomic E-state index is 11.6. The van der Waals surface area contributed by atoms with E-state index in [1.54, 1.807) is 0 Å². The van der Waals surface area contributed by atoms with Gasteiger partial charge in [0.05, 0.1) is 6.10 Å². The molecule has 1 amide bonds. The van der Waals surface area contributed by atoms with E-state index in [4.69, 9.17) is 0 Å². The molecule has 0 aromatic carbocycles. The van der Waals surface area contributed by atoms with Crippen molar-refractivity contribution in [2.75, 3.05) is 13.1 Å². The van der Waals surface area contributed by atoms with Crippen molar-refractivity contribution in [1.82, 2.24) is 10.6 Å². The summed E-state index contributed by atoms with van der Waals surface area (Å²) in [6.45, 7) is 3.29. The van der Waals surface area contributed by atoms with Crippen molar-refractivity contribution in [2.24, 2.45) is 5.41 Å². The van der Waals surface area contributed by atoms with Crippen LogP contribution in [0, 0.1) is 5.41 Å². The normalized spacial score (nSPS) is 34.1. The van der Waals surface area contributed by atoms with Gasteiger partial charge >= 0.3 is 0 Å². The molecule has 80 valence electrons. The van der Waals surface area contributed by atoms with Crippen LogP contribution < -0.4 is 10.6 Å². The van der Waals surface area contributed by atoms with Crippen LogP contribution in [0.5, 0.6) is 0 Å². The van der Waals surface area contributed by atoms with Gasteiger partial charge in [0, 0.05) is 24.5 Å². The number of aliphatic hydroxyl groups excluding tert-OH is 1. The predicted octanol–water partition coefficient (Wildman–Crippen LogP) is -0.374. The maximum Gasteiger partial charge on any atom is 0.225 e. The Morgan fingerprint density at radius 2 is 2.36 bits per heavy atom. The Kier molecular flexibility index (Phi) is 2.49. The topological polar surface area (TPSA) is 61.4 Å². The average Bonchev–Trinajstić information content (AvgIpc) is 2.76. The third kappa shape index (κ3) is 2.07. The second kappa shape index (κ2) is 3.51. The fourth-order valence-electron chi connectivity index (χ4n) is 1.80. The van der Waals surface area contributed by atoms with Gasteiger partial charge in [0.25, 0.3) is 0 Å². The molecule has 0 aromatic rings. The van der Waals surface area contributed by atoms with Gasteiger partial charge in [-0.2, -0.15) is 0 Å². The van der Waals surface area contributed by atoms with Crippen LogP contribution in [0.2, 0.25) is 0 Å². The molecule has 1 aliphatic heterocycles. The summed E-state index contributed by atoms with van der Waals surface area (Å²) in [5, 5.41) is 15.4. The Balaban J connectivity index is 1.70. The van der Waals surface area contributed by atoms with Gasteiger partial charge in [-0.25, -0.2) is 0 Å². The van der Waals surface area contributed by atoms with Gasteiger partial charge in [-0.1, -0.05) is 6.92 Å². The van der Waals surface area contributed by atoms with E-state index in [2.05, 4.69) is 10.6 Å². The molecule has 14 heavy (non-hydrogen) atoms. The van der Waals surface area contributed by atoms with E-state index in [9.17, 15) is 9.90 Å². The molecule has 2 atom stereocenters. The first kappa shape index (κ1) is 9.93. The number of aliphatic hydroxyl groups is 1. The van der Waals surface area contributed by atoms with Crippen LogP contribution in [0.1, 0.15) is 26.2 Å². The third-order valence-corrected chi connectivity index (χ3v) is 3.26. The molecule has 2 rings (SSSR count). The molecule has 4 nitrogen and oxygen atoms in total. The monoisotopic (exact) mass is 198 g/mol. The van der Waals surface area contributed by atoms with E-state index >= 15 is 0 Å². The number of β-amino-alcohol motifs (C(OH)–C–C–N with tert-alkyl or cyclic N) is 1. The molecule has 0 bridgehead atoms. The zero-order chi connectivity index (χ0) is 10.2. The van der Waals surface area contributed by atoms with Crippen molar-refractivity contribution in [3.05, 3.63) is 0 Å². The lowest BCUT2D eigenvalue weighted by Gasteiger charge is -2.14. The molecule has 0 radical (unpaired) electrons. The Hall–Kier alpha value is -0.610. The predicted molar refractivity (Wildman–Crippen MR) is 52.8 cm³/mol. The number of rotatable bonds is 3. The van der Waals surface area contributed by atoms with Gasteiger partial charge in [0.15, 0.2) is 0 Å². The second-order valence-corrected chi connectivity index (χ2v) is 4.77. The summed E-state index contributed by atoms with van der Waals surface area (Å²) >= 11 is 0. The number of nitrogens with one attached hydrogen (secondary N) is 2. The summed E-state index contributed by atoms with van der Waals surface area (Å²) < 4.78 is 0. The lowest BCUT2D eigenvalue weighted by molar-refractivity contribution is -0.125. The first-order chi connectivity index (χ1) is 6.60. The van der Waals surface area contributed by atoms with Gasteiger partial charge < -0.3 is 15.7 Å². The summed E-state index contributed by atoms with van der Waals surface area (Å²) in [6.07, 6.45) is 2.53. The summed E-state index contributed by atoms with van der Waals surface area (Å²) in [7, 11) is 0. The van der Waals surface area contributed by atoms with Crippen molar-refractivity contribution in [2.45, 2.75) is 38.3 Å². The maximum absolute atomic E-state index is 11.6. The second-order valence-electron chi connectivity index (χ2n) is 4.77. The van der Waals surface area contributed by atoms with Gasteiger partial charge in [0.1, 0.15) is 0 Å². The zero-order valence-corrected chi connectivity index (χ0v) is 8.55. The lowest BCUT2D eigenvalue weighted by Crippen LogP contribution is -2.39. The smallest absolute Gasteiger partial charge is 0.225 e. The zero-order valence-electron chi connectivity index (χ0n) is 8.55. The van der Waals surface area contributed by atoms with Crippen molar-refractivity contribution >= 4 is 5.91 Å². The minimum atomic E-state index is -0.242. The molecular formula is C10H18N2O2. The quantitative estimate of drug-likeness (QED) is 0.579. The Morgan fingerprint density at radius 3 is 2.86 bits per heavy atom. The summed E-state index contributed by atoms with van der Waals surface area (Å²) in [5.41, 5.74) is -0.0861. The molecule has 1 saturated heterocycles. The fourth-order valence-corrected chi connectivity index (χ4v) is 1.80. The molecule has 0 aromatic heterocycles. The molecule has 1 aliphatic carbocycles. The molecule has 4 heteroatoms. The number of carbonyl (C=O) groups excluding carboxylic acids is 1. The highest BCUT2D eigenvalue weighted by atomic mass is 16.3. The molecule has 3 N–H and O–H groups in total. The number of amides is 1. The Morgan fingerprint density at radius 1 is 1.64 bits per heavy atom. The largest absolute Gasteiger partial charge is 0.392 e. The van der Waals surface area contributed by atoms with Crippen LogP contribution in [-0.2, 0) is 4.79 Å². The number of hydrogen-bond donors (Lipinski definition) is 3. The molecule has 0 unspecified atom stereocenters. The molecular weight excluding hydrogens is 180 g/mol. The van der Waals surface area contributed by atoms with Crippen LogP contribution in [0.4, 0.5) is 0 Å². The lowest BCUT2D eigenvalue weighted by atomic mass is 10.1. The van der Waals surface area contributed by atoms with E-state index in [1.807, 2.05) is 6.92 Å². The van der Waals surface area contributed by atoms with Crippen LogP contribution in [0.25, 0.3) is 0 Å². The SMILES string of the molecule is CC1(C(=O)NC[C@@H]2C[C@@H](O)CN2)CC1. The number of carbonyl (C=O) groups is 1. The molecule has 2 aliphatic rings. The van der Waals surface area contributed by atoms with Crippen molar-refractivity contribution in [3.8, 4) is 0 Å². The Labute approximate surface area is 84.1 Å². The van der Waals surface area contributed by atoms with Gasteiger partial charge in [-0.15, -0.1) is 0 Å². The first-order valence-electron chi connectivity index (χ1n) is 5.30. The van der Waals surface area contributed by atoms with Crippen LogP contribution in [-0.4, -0.2) is 36.2 Å². The van der Waals surface area contributed by atoms with Crippen LogP contribution >= 0.6 is 0 Å². The van der Waals surface area contributed by atoms with Crippen LogP contribution in [0.15, 0.2) is 0 Å². The highest BCUT2D eigenvalue weighted by molar-refractivity contribution is 5.84. The van der Waals surface area contributed by atoms with E-state index in [-0.39, 0.29) is 23.5 Å². The molecule has 0 spiro atoms. The molecule has 2 fully saturated rings. The van der Waals surface area contributed by atoms with E-state index in [1.165, 1.54) is 0 Å². The van der Waals surface area contributed by atoms with Crippen molar-refractivity contribution in [3.63, 3.8) is 0 Å². The minimum absolute atomic E-state index is 0.0861. The fraction of sp³-hybridized carbons (Fsp3) is 0.900. The summed E-state index contributed by atoms with van der Waals surface area (Å²) in [6, 6.07) is 0.247. The average molecular weight is 198 g/mol. The van der Waals surface area contributed by atoms with E-state index < -0.39 is 0 Å². The number of hydrogen-bond acceptors (Lipinski definition) is 3. The molecule has 1 heterocycles. The molecule has 1 saturated carbocycles. The van der Waals surface area contributed by atoms with Gasteiger partial charge in [-0.05, 0) is 19.3 Å². The summed E-state index contributed by atoms with van der Waals surface area (Å²) in [5.74, 6) is 0.167. The van der Waals surface area contributed by atoms with Gasteiger partial charge in [0.2, 0.25) is 5.91 Å². The first-order valence-corrected chi connectivity index (χ1v) is 5.30. The van der Waals surface area contributed by atoms with Gasteiger partial charge in [-0.3, -0.25) is 4.79 Å². The summed E-state index contributed by atoms with van der Waals surface area (Å²) in [4.78, 5) is 11.6. The third-order valence-electron chi connectivity index (χ3n) is 3.26.